The molecular weight excluding hydrogens is 365 g/mol. The van der Waals surface area contributed by atoms with Crippen LogP contribution in [-0.4, -0.2) is 34.2 Å². The number of nitrogens with one attached hydrogen (secondary N) is 1. The fourth-order valence-corrected chi connectivity index (χ4v) is 2.30. The number of aryl methyl sites for hydroxylation is 1. The van der Waals surface area contributed by atoms with E-state index < -0.39 is 30.2 Å². The number of carbonyl (C=O) groups excluding carboxylic acids is 1. The van der Waals surface area contributed by atoms with Crippen LogP contribution in [0.3, 0.4) is 0 Å². The fourth-order valence-electron chi connectivity index (χ4n) is 2.30. The summed E-state index contributed by atoms with van der Waals surface area (Å²) in [4.78, 5) is 25.8. The first-order chi connectivity index (χ1) is 12.6. The van der Waals surface area contributed by atoms with Crippen molar-refractivity contribution < 1.29 is 32.6 Å². The number of halogens is 3. The van der Waals surface area contributed by atoms with Crippen LogP contribution < -0.4 is 10.1 Å². The molecule has 0 fully saturated rings. The van der Waals surface area contributed by atoms with Gasteiger partial charge >= 0.3 is 18.1 Å². The fraction of sp³-hybridized carbons (Fsp3) is 0.278. The molecule has 27 heavy (non-hydrogen) atoms. The Kier molecular flexibility index (Phi) is 6.04. The summed E-state index contributed by atoms with van der Waals surface area (Å²) < 4.78 is 43.4. The first kappa shape index (κ1) is 20.2. The Balaban J connectivity index is 2.27. The number of carboxylic acids is 1. The third-order valence-electron chi connectivity index (χ3n) is 3.69. The predicted octanol–water partition coefficient (Wildman–Crippen LogP) is 3.28. The number of aromatic nitrogens is 1. The maximum absolute atomic E-state index is 12.6. The molecule has 0 saturated carbocycles. The molecule has 9 heteroatoms. The summed E-state index contributed by atoms with van der Waals surface area (Å²) in [7, 11) is 0. The van der Waals surface area contributed by atoms with Crippen LogP contribution in [0.15, 0.2) is 42.6 Å². The van der Waals surface area contributed by atoms with Crippen molar-refractivity contribution in [2.45, 2.75) is 32.2 Å². The highest BCUT2D eigenvalue weighted by molar-refractivity contribution is 5.85. The van der Waals surface area contributed by atoms with Crippen molar-refractivity contribution in [1.29, 1.82) is 0 Å². The lowest BCUT2D eigenvalue weighted by Gasteiger charge is -2.27. The molecule has 0 unspecified atom stereocenters. The maximum Gasteiger partial charge on any atom is 0.471 e. The van der Waals surface area contributed by atoms with Crippen LogP contribution in [0, 0.1) is 6.92 Å². The van der Waals surface area contributed by atoms with Crippen molar-refractivity contribution in [1.82, 2.24) is 10.3 Å². The van der Waals surface area contributed by atoms with Gasteiger partial charge in [-0.2, -0.15) is 13.2 Å². The molecule has 0 aliphatic rings. The van der Waals surface area contributed by atoms with Gasteiger partial charge in [-0.25, -0.2) is 9.78 Å². The first-order valence-electron chi connectivity index (χ1n) is 7.88. The summed E-state index contributed by atoms with van der Waals surface area (Å²) in [6.45, 7) is 3.23. The zero-order valence-corrected chi connectivity index (χ0v) is 14.4. The van der Waals surface area contributed by atoms with Crippen molar-refractivity contribution in [3.05, 3.63) is 59.4 Å². The van der Waals surface area contributed by atoms with E-state index in [1.54, 1.807) is 24.3 Å². The highest BCUT2D eigenvalue weighted by Crippen LogP contribution is 2.26. The molecule has 6 nitrogen and oxygen atoms in total. The Hall–Kier alpha value is -3.10. The lowest BCUT2D eigenvalue weighted by atomic mass is 10.0. The molecule has 0 bridgehead atoms. The van der Waals surface area contributed by atoms with Crippen molar-refractivity contribution in [3.8, 4) is 5.75 Å². The van der Waals surface area contributed by atoms with Gasteiger partial charge in [0.25, 0.3) is 0 Å². The molecule has 1 amide bonds. The predicted molar refractivity (Wildman–Crippen MR) is 89.4 cm³/mol. The minimum atomic E-state index is -5.02. The van der Waals surface area contributed by atoms with Crippen molar-refractivity contribution >= 4 is 11.9 Å². The number of benzene rings is 1. The van der Waals surface area contributed by atoms with E-state index in [1.807, 2.05) is 12.2 Å². The second kappa shape index (κ2) is 8.07. The van der Waals surface area contributed by atoms with E-state index in [0.29, 0.717) is 5.56 Å². The molecule has 0 spiro atoms. The smallest absolute Gasteiger partial charge is 0.471 e. The number of amides is 1. The third kappa shape index (κ3) is 5.44. The lowest BCUT2D eigenvalue weighted by Crippen LogP contribution is -2.45. The normalized spacial score (nSPS) is 13.5. The van der Waals surface area contributed by atoms with Gasteiger partial charge in [0.2, 0.25) is 0 Å². The highest BCUT2D eigenvalue weighted by Gasteiger charge is 2.40. The van der Waals surface area contributed by atoms with Gasteiger partial charge in [-0.3, -0.25) is 4.79 Å². The summed E-state index contributed by atoms with van der Waals surface area (Å²) >= 11 is 0. The monoisotopic (exact) mass is 382 g/mol. The number of rotatable bonds is 6. The second-order valence-corrected chi connectivity index (χ2v) is 5.89. The molecule has 0 saturated heterocycles. The number of ether oxygens (including phenoxy) is 1. The summed E-state index contributed by atoms with van der Waals surface area (Å²) in [5.74, 6) is -3.14. The van der Waals surface area contributed by atoms with Gasteiger partial charge in [-0.15, -0.1) is 0 Å². The molecule has 1 heterocycles. The number of pyridine rings is 1. The van der Waals surface area contributed by atoms with E-state index in [9.17, 15) is 22.8 Å². The molecule has 2 atom stereocenters. The molecule has 2 rings (SSSR count). The average molecular weight is 382 g/mol. The number of carboxylic acid groups (broad SMARTS) is 1. The minimum absolute atomic E-state index is 0.152. The van der Waals surface area contributed by atoms with Gasteiger partial charge in [0.1, 0.15) is 17.5 Å². The van der Waals surface area contributed by atoms with Crippen LogP contribution in [-0.2, 0) is 4.79 Å². The van der Waals surface area contributed by atoms with E-state index in [-0.39, 0.29) is 11.4 Å². The Morgan fingerprint density at radius 1 is 1.15 bits per heavy atom. The largest absolute Gasteiger partial charge is 0.482 e. The van der Waals surface area contributed by atoms with Crippen molar-refractivity contribution in [2.75, 3.05) is 0 Å². The molecular formula is C18H17F3N2O4. The Bertz CT molecular complexity index is 805. The zero-order chi connectivity index (χ0) is 20.2. The Labute approximate surface area is 153 Å². The van der Waals surface area contributed by atoms with Gasteiger partial charge in [0.05, 0.1) is 12.2 Å². The standard InChI is InChI=1S/C18H17F3N2O4/c1-10-3-5-12(6-4-10)15(11(2)23-17(26)18(19,20)21)27-13-7-8-14(16(24)25)22-9-13/h3-9,11,15H,1-2H3,(H,23,26)(H,24,25)/t11-,15+/m0/s1. The number of nitrogens with zero attached hydrogens (tertiary/aromatic N) is 1. The summed E-state index contributed by atoms with van der Waals surface area (Å²) in [6, 6.07) is 8.40. The molecule has 144 valence electrons. The SMILES string of the molecule is Cc1ccc([C@H](Oc2ccc(C(=O)O)nc2)[C@H](C)NC(=O)C(F)(F)F)cc1. The summed E-state index contributed by atoms with van der Waals surface area (Å²) in [5, 5.41) is 10.7. The number of hydrogen-bond donors (Lipinski definition) is 2. The van der Waals surface area contributed by atoms with Crippen LogP contribution in [0.25, 0.3) is 0 Å². The highest BCUT2D eigenvalue weighted by atomic mass is 19.4. The first-order valence-corrected chi connectivity index (χ1v) is 7.88. The van der Waals surface area contributed by atoms with Crippen molar-refractivity contribution in [3.63, 3.8) is 0 Å². The van der Waals surface area contributed by atoms with Crippen LogP contribution in [0.2, 0.25) is 0 Å². The molecule has 0 aliphatic carbocycles. The van der Waals surface area contributed by atoms with Crippen LogP contribution in [0.4, 0.5) is 13.2 Å². The quantitative estimate of drug-likeness (QED) is 0.801. The lowest BCUT2D eigenvalue weighted by molar-refractivity contribution is -0.174. The van der Waals surface area contributed by atoms with Gasteiger partial charge in [-0.05, 0) is 31.5 Å². The summed E-state index contributed by atoms with van der Waals surface area (Å²) in [6.07, 6.45) is -4.81. The topological polar surface area (TPSA) is 88.5 Å². The molecule has 0 aliphatic heterocycles. The van der Waals surface area contributed by atoms with Gasteiger partial charge in [-0.1, -0.05) is 29.8 Å². The summed E-state index contributed by atoms with van der Waals surface area (Å²) in [5.41, 5.74) is 1.28. The van der Waals surface area contributed by atoms with E-state index in [4.69, 9.17) is 9.84 Å². The van der Waals surface area contributed by atoms with E-state index in [2.05, 4.69) is 4.98 Å². The molecule has 2 aromatic rings. The second-order valence-electron chi connectivity index (χ2n) is 5.89. The third-order valence-corrected chi connectivity index (χ3v) is 3.69. The number of hydrogen-bond acceptors (Lipinski definition) is 4. The zero-order valence-electron chi connectivity index (χ0n) is 14.4. The minimum Gasteiger partial charge on any atom is -0.482 e. The molecule has 1 aromatic heterocycles. The van der Waals surface area contributed by atoms with E-state index in [1.165, 1.54) is 19.1 Å². The number of aromatic carboxylic acids is 1. The van der Waals surface area contributed by atoms with Gasteiger partial charge in [0, 0.05) is 0 Å². The van der Waals surface area contributed by atoms with Gasteiger partial charge < -0.3 is 15.2 Å². The molecule has 1 aromatic carbocycles. The average Bonchev–Trinajstić information content (AvgIpc) is 2.60. The Morgan fingerprint density at radius 2 is 1.78 bits per heavy atom. The van der Waals surface area contributed by atoms with Crippen LogP contribution in [0.1, 0.15) is 34.6 Å². The van der Waals surface area contributed by atoms with E-state index in [0.717, 1.165) is 11.8 Å². The Morgan fingerprint density at radius 3 is 2.26 bits per heavy atom. The van der Waals surface area contributed by atoms with Crippen LogP contribution in [0.5, 0.6) is 5.75 Å². The van der Waals surface area contributed by atoms with Crippen LogP contribution >= 0.6 is 0 Å². The van der Waals surface area contributed by atoms with E-state index >= 15 is 0 Å². The maximum atomic E-state index is 12.6. The van der Waals surface area contributed by atoms with Crippen molar-refractivity contribution in [2.24, 2.45) is 0 Å². The number of carbonyl (C=O) groups is 2. The number of alkyl halides is 3. The van der Waals surface area contributed by atoms with Gasteiger partial charge in [0.15, 0.2) is 0 Å². The molecule has 0 radical (unpaired) electrons. The molecule has 2 N–H and O–H groups in total.